The Morgan fingerprint density at radius 2 is 1.93 bits per heavy atom. The van der Waals surface area contributed by atoms with Gasteiger partial charge in [-0.2, -0.15) is 0 Å². The Bertz CT molecular complexity index is 953. The van der Waals surface area contributed by atoms with Crippen molar-refractivity contribution in [1.29, 1.82) is 0 Å². The molecular weight excluding hydrogens is 360 g/mol. The molecule has 0 unspecified atom stereocenters. The molecule has 1 aromatic heterocycles. The molecule has 0 bridgehead atoms. The van der Waals surface area contributed by atoms with E-state index < -0.39 is 11.5 Å². The average molecular weight is 380 g/mol. The first-order valence-corrected chi connectivity index (χ1v) is 9.18. The highest BCUT2D eigenvalue weighted by Crippen LogP contribution is 2.37. The summed E-state index contributed by atoms with van der Waals surface area (Å²) >= 11 is 0. The Morgan fingerprint density at radius 1 is 1.18 bits per heavy atom. The number of carbonyl (C=O) groups is 3. The Kier molecular flexibility index (Phi) is 4.46. The van der Waals surface area contributed by atoms with E-state index in [9.17, 15) is 14.4 Å². The van der Waals surface area contributed by atoms with E-state index in [2.05, 4.69) is 15.6 Å². The molecule has 3 N–H and O–H groups in total. The number of hydrogen-bond donors (Lipinski definition) is 3. The third-order valence-corrected chi connectivity index (χ3v) is 5.23. The molecule has 3 amide bonds. The average Bonchev–Trinajstić information content (AvgIpc) is 3.25. The molecule has 0 atom stereocenters. The molecule has 8 heteroatoms. The summed E-state index contributed by atoms with van der Waals surface area (Å²) in [5.74, 6) is -0.841. The Labute approximate surface area is 161 Å². The fraction of sp³-hybridized carbons (Fsp3) is 0.300. The number of nitrogens with one attached hydrogen (secondary N) is 2. The molecule has 0 radical (unpaired) electrons. The fourth-order valence-corrected chi connectivity index (χ4v) is 3.82. The van der Waals surface area contributed by atoms with E-state index in [-0.39, 0.29) is 17.6 Å². The van der Waals surface area contributed by atoms with Crippen LogP contribution in [-0.2, 0) is 11.3 Å². The normalized spacial score (nSPS) is 17.8. The molecule has 28 heavy (non-hydrogen) atoms. The van der Waals surface area contributed by atoms with Gasteiger partial charge in [-0.15, -0.1) is 0 Å². The maximum absolute atomic E-state index is 12.9. The molecule has 1 aliphatic heterocycles. The Morgan fingerprint density at radius 3 is 2.68 bits per heavy atom. The van der Waals surface area contributed by atoms with Gasteiger partial charge in [0.15, 0.2) is 5.69 Å². The molecule has 1 aliphatic carbocycles. The van der Waals surface area contributed by atoms with Crippen LogP contribution in [0.25, 0.3) is 0 Å². The van der Waals surface area contributed by atoms with Gasteiger partial charge in [0.25, 0.3) is 5.91 Å². The number of carboxylic acids is 1. The number of pyridine rings is 1. The maximum Gasteiger partial charge on any atom is 0.354 e. The number of rotatable bonds is 5. The van der Waals surface area contributed by atoms with Gasteiger partial charge in [-0.25, -0.2) is 19.5 Å². The van der Waals surface area contributed by atoms with E-state index in [1.807, 2.05) is 6.07 Å². The van der Waals surface area contributed by atoms with Crippen LogP contribution in [0, 0.1) is 0 Å². The second-order valence-electron chi connectivity index (χ2n) is 7.10. The number of benzene rings is 1. The van der Waals surface area contributed by atoms with Crippen molar-refractivity contribution in [2.45, 2.75) is 37.8 Å². The Hall–Kier alpha value is -3.42. The van der Waals surface area contributed by atoms with Gasteiger partial charge in [-0.05, 0) is 42.7 Å². The highest BCUT2D eigenvalue weighted by molar-refractivity contribution is 6.23. The molecule has 4 rings (SSSR count). The smallest absolute Gasteiger partial charge is 0.354 e. The van der Waals surface area contributed by atoms with Gasteiger partial charge in [0.1, 0.15) is 11.4 Å². The van der Waals surface area contributed by atoms with Crippen LogP contribution in [0.1, 0.15) is 41.7 Å². The topological polar surface area (TPSA) is 112 Å². The summed E-state index contributed by atoms with van der Waals surface area (Å²) in [7, 11) is 0. The minimum atomic E-state index is -1.09. The van der Waals surface area contributed by atoms with Crippen LogP contribution in [0.5, 0.6) is 0 Å². The SMILES string of the molecule is O=C(O)c1cccc(NCc2cccc(N3C(=O)NC4(CCCC4)C3=O)c2)n1. The van der Waals surface area contributed by atoms with Gasteiger partial charge in [-0.3, -0.25) is 4.79 Å². The van der Waals surface area contributed by atoms with Gasteiger partial charge in [0.2, 0.25) is 0 Å². The third kappa shape index (κ3) is 3.17. The summed E-state index contributed by atoms with van der Waals surface area (Å²) in [5, 5.41) is 15.0. The standard InChI is InChI=1S/C20H20N4O4/c25-17(26)15-7-4-8-16(22-15)21-12-13-5-3-6-14(11-13)24-18(27)20(23-19(24)28)9-1-2-10-20/h3-8,11H,1-2,9-10,12H2,(H,21,22)(H,23,28)(H,25,26). The van der Waals surface area contributed by atoms with Crippen LogP contribution in [0.15, 0.2) is 42.5 Å². The number of anilines is 2. The second kappa shape index (κ2) is 6.95. The molecule has 2 fully saturated rings. The number of carboxylic acid groups (broad SMARTS) is 1. The first-order chi connectivity index (χ1) is 13.5. The third-order valence-electron chi connectivity index (χ3n) is 5.23. The van der Waals surface area contributed by atoms with Gasteiger partial charge < -0.3 is 15.7 Å². The highest BCUT2D eigenvalue weighted by atomic mass is 16.4. The summed E-state index contributed by atoms with van der Waals surface area (Å²) in [4.78, 5) is 41.6. The van der Waals surface area contributed by atoms with Gasteiger partial charge in [0, 0.05) is 6.54 Å². The van der Waals surface area contributed by atoms with Gasteiger partial charge in [-0.1, -0.05) is 31.0 Å². The quantitative estimate of drug-likeness (QED) is 0.688. The van der Waals surface area contributed by atoms with Gasteiger partial charge in [0.05, 0.1) is 5.69 Å². The molecule has 2 heterocycles. The molecule has 1 aromatic carbocycles. The van der Waals surface area contributed by atoms with Crippen molar-refractivity contribution in [2.75, 3.05) is 10.2 Å². The summed E-state index contributed by atoms with van der Waals surface area (Å²) in [6.45, 7) is 0.374. The summed E-state index contributed by atoms with van der Waals surface area (Å²) in [6.07, 6.45) is 3.24. The minimum absolute atomic E-state index is 0.0417. The van der Waals surface area contributed by atoms with Gasteiger partial charge >= 0.3 is 12.0 Å². The van der Waals surface area contributed by atoms with E-state index >= 15 is 0 Å². The minimum Gasteiger partial charge on any atom is -0.477 e. The number of nitrogens with zero attached hydrogens (tertiary/aromatic N) is 2. The molecule has 1 spiro atoms. The van der Waals surface area contributed by atoms with E-state index in [0.29, 0.717) is 30.9 Å². The summed E-state index contributed by atoms with van der Waals surface area (Å²) in [5.41, 5.74) is 0.581. The van der Waals surface area contributed by atoms with Crippen molar-refractivity contribution >= 4 is 29.4 Å². The summed E-state index contributed by atoms with van der Waals surface area (Å²) in [6, 6.07) is 11.5. The molecule has 2 aromatic rings. The van der Waals surface area contributed by atoms with E-state index in [0.717, 1.165) is 18.4 Å². The van der Waals surface area contributed by atoms with Crippen molar-refractivity contribution in [1.82, 2.24) is 10.3 Å². The second-order valence-corrected chi connectivity index (χ2v) is 7.10. The van der Waals surface area contributed by atoms with Crippen molar-refractivity contribution in [3.8, 4) is 0 Å². The van der Waals surface area contributed by atoms with E-state index in [1.54, 1.807) is 30.3 Å². The highest BCUT2D eigenvalue weighted by Gasteiger charge is 2.52. The number of carbonyl (C=O) groups excluding carboxylic acids is 2. The lowest BCUT2D eigenvalue weighted by molar-refractivity contribution is -0.121. The van der Waals surface area contributed by atoms with Crippen molar-refractivity contribution < 1.29 is 19.5 Å². The predicted octanol–water partition coefficient (Wildman–Crippen LogP) is 2.76. The Balaban J connectivity index is 1.51. The number of imide groups is 1. The first kappa shape index (κ1) is 18.0. The summed E-state index contributed by atoms with van der Waals surface area (Å²) < 4.78 is 0. The van der Waals surface area contributed by atoms with E-state index in [1.165, 1.54) is 11.0 Å². The van der Waals surface area contributed by atoms with Crippen LogP contribution in [0.4, 0.5) is 16.3 Å². The number of urea groups is 1. The first-order valence-electron chi connectivity index (χ1n) is 9.18. The maximum atomic E-state index is 12.9. The van der Waals surface area contributed by atoms with E-state index in [4.69, 9.17) is 5.11 Å². The number of amides is 3. The molecule has 1 saturated heterocycles. The monoisotopic (exact) mass is 380 g/mol. The molecule has 1 saturated carbocycles. The van der Waals surface area contributed by atoms with Crippen LogP contribution in [-0.4, -0.2) is 33.5 Å². The zero-order valence-corrected chi connectivity index (χ0v) is 15.1. The molecular formula is C20H20N4O4. The lowest BCUT2D eigenvalue weighted by Gasteiger charge is -2.20. The van der Waals surface area contributed by atoms with Crippen LogP contribution in [0.3, 0.4) is 0 Å². The van der Waals surface area contributed by atoms with Crippen molar-refractivity contribution in [2.24, 2.45) is 0 Å². The molecule has 8 nitrogen and oxygen atoms in total. The molecule has 2 aliphatic rings. The van der Waals surface area contributed by atoms with Crippen molar-refractivity contribution in [3.63, 3.8) is 0 Å². The lowest BCUT2D eigenvalue weighted by Crippen LogP contribution is -2.44. The molecule has 144 valence electrons. The fourth-order valence-electron chi connectivity index (χ4n) is 3.82. The lowest BCUT2D eigenvalue weighted by atomic mass is 9.98. The van der Waals surface area contributed by atoms with Crippen molar-refractivity contribution in [3.05, 3.63) is 53.7 Å². The largest absolute Gasteiger partial charge is 0.477 e. The van der Waals surface area contributed by atoms with Crippen LogP contribution >= 0.6 is 0 Å². The number of aromatic nitrogens is 1. The van der Waals surface area contributed by atoms with Crippen LogP contribution in [0.2, 0.25) is 0 Å². The zero-order valence-electron chi connectivity index (χ0n) is 15.1. The van der Waals surface area contributed by atoms with Crippen LogP contribution < -0.4 is 15.5 Å². The predicted molar refractivity (Wildman–Crippen MR) is 102 cm³/mol. The number of hydrogen-bond acceptors (Lipinski definition) is 5. The zero-order chi connectivity index (χ0) is 19.7. The number of aromatic carboxylic acids is 1.